The van der Waals surface area contributed by atoms with Gasteiger partial charge in [0.15, 0.2) is 0 Å². The van der Waals surface area contributed by atoms with E-state index in [2.05, 4.69) is 0 Å². The van der Waals surface area contributed by atoms with Crippen LogP contribution in [0.25, 0.3) is 6.08 Å². The normalized spacial score (nSPS) is 11.1. The number of hydrogen-bond acceptors (Lipinski definition) is 4. The van der Waals surface area contributed by atoms with E-state index < -0.39 is 9.85 Å². The average Bonchev–Trinajstić information content (AvgIpc) is 2.48. The lowest BCUT2D eigenvalue weighted by Crippen LogP contribution is -2.02. The van der Waals surface area contributed by atoms with Gasteiger partial charge in [-0.15, -0.1) is 0 Å². The van der Waals surface area contributed by atoms with Crippen LogP contribution in [-0.4, -0.2) is 9.85 Å². The number of allylic oxidation sites excluding steroid dienone is 1. The average molecular weight is 284 g/mol. The molecule has 106 valence electrons. The largest absolute Gasteiger partial charge is 0.270 e. The highest BCUT2D eigenvalue weighted by atomic mass is 16.6. The zero-order valence-corrected chi connectivity index (χ0v) is 11.0. The van der Waals surface area contributed by atoms with Crippen molar-refractivity contribution in [3.05, 3.63) is 91.6 Å². The predicted octanol–water partition coefficient (Wildman–Crippen LogP) is 3.46. The predicted molar refractivity (Wildman–Crippen MR) is 78.2 cm³/mol. The molecule has 0 aliphatic heterocycles. The van der Waals surface area contributed by atoms with Gasteiger partial charge in [-0.25, -0.2) is 0 Å². The second-order valence-corrected chi connectivity index (χ2v) is 4.41. The molecule has 0 bridgehead atoms. The summed E-state index contributed by atoms with van der Waals surface area (Å²) in [5, 5.41) is 21.8. The summed E-state index contributed by atoms with van der Waals surface area (Å²) < 4.78 is 0. The number of nitrogens with zero attached hydrogens (tertiary/aromatic N) is 2. The van der Waals surface area contributed by atoms with Crippen LogP contribution in [0.1, 0.15) is 11.1 Å². The third-order valence-corrected chi connectivity index (χ3v) is 2.88. The number of nitro benzene ring substituents is 1. The van der Waals surface area contributed by atoms with Gasteiger partial charge in [-0.3, -0.25) is 20.2 Å². The van der Waals surface area contributed by atoms with Crippen molar-refractivity contribution >= 4 is 11.8 Å². The second kappa shape index (κ2) is 6.42. The molecule has 2 aromatic carbocycles. The first-order valence-electron chi connectivity index (χ1n) is 6.19. The van der Waals surface area contributed by atoms with Crippen LogP contribution in [0, 0.1) is 20.2 Å². The minimum atomic E-state index is -0.527. The van der Waals surface area contributed by atoms with E-state index in [0.717, 1.165) is 5.56 Å². The monoisotopic (exact) mass is 284 g/mol. The Morgan fingerprint density at radius 1 is 1.00 bits per heavy atom. The minimum absolute atomic E-state index is 0.0123. The van der Waals surface area contributed by atoms with Gasteiger partial charge in [0.2, 0.25) is 0 Å². The highest BCUT2D eigenvalue weighted by molar-refractivity contribution is 5.55. The molecule has 2 rings (SSSR count). The third-order valence-electron chi connectivity index (χ3n) is 2.88. The Hall–Kier alpha value is -3.02. The Labute approximate surface area is 120 Å². The van der Waals surface area contributed by atoms with E-state index in [1.807, 2.05) is 6.07 Å². The fourth-order valence-corrected chi connectivity index (χ4v) is 1.89. The van der Waals surface area contributed by atoms with Gasteiger partial charge in [0.1, 0.15) is 0 Å². The lowest BCUT2D eigenvalue weighted by Gasteiger charge is -2.00. The van der Waals surface area contributed by atoms with Crippen LogP contribution in [0.2, 0.25) is 0 Å². The molecular formula is C15H12N2O4. The van der Waals surface area contributed by atoms with E-state index in [1.54, 1.807) is 30.3 Å². The van der Waals surface area contributed by atoms with Crippen molar-refractivity contribution in [2.24, 2.45) is 0 Å². The van der Waals surface area contributed by atoms with Gasteiger partial charge in [-0.2, -0.15) is 0 Å². The van der Waals surface area contributed by atoms with Crippen molar-refractivity contribution in [3.63, 3.8) is 0 Å². The third kappa shape index (κ3) is 3.97. The quantitative estimate of drug-likeness (QED) is 0.621. The molecule has 0 radical (unpaired) electrons. The molecule has 21 heavy (non-hydrogen) atoms. The first kappa shape index (κ1) is 14.4. The molecule has 0 heterocycles. The standard InChI is InChI=1S/C15H12N2O4/c18-16(19)14-8-4-7-13(10-14)11-15(17(20)21)9-12-5-2-1-3-6-12/h1-8,10-11H,9H2. The maximum atomic E-state index is 11.1. The van der Waals surface area contributed by atoms with Crippen LogP contribution in [-0.2, 0) is 6.42 Å². The Bertz CT molecular complexity index is 696. The Morgan fingerprint density at radius 2 is 1.71 bits per heavy atom. The fraction of sp³-hybridized carbons (Fsp3) is 0.0667. The van der Waals surface area contributed by atoms with E-state index in [4.69, 9.17) is 0 Å². The smallest absolute Gasteiger partial charge is 0.259 e. The van der Waals surface area contributed by atoms with Crippen LogP contribution >= 0.6 is 0 Å². The molecule has 0 unspecified atom stereocenters. The van der Waals surface area contributed by atoms with Crippen molar-refractivity contribution in [1.82, 2.24) is 0 Å². The van der Waals surface area contributed by atoms with E-state index in [1.165, 1.54) is 24.3 Å². The van der Waals surface area contributed by atoms with Crippen LogP contribution < -0.4 is 0 Å². The molecule has 0 atom stereocenters. The number of benzene rings is 2. The van der Waals surface area contributed by atoms with Crippen LogP contribution in [0.3, 0.4) is 0 Å². The minimum Gasteiger partial charge on any atom is -0.259 e. The summed E-state index contributed by atoms with van der Waals surface area (Å²) in [6, 6.07) is 14.8. The topological polar surface area (TPSA) is 86.3 Å². The number of rotatable bonds is 5. The lowest BCUT2D eigenvalue weighted by atomic mass is 10.1. The summed E-state index contributed by atoms with van der Waals surface area (Å²) in [6.07, 6.45) is 1.52. The molecule has 6 nitrogen and oxygen atoms in total. The number of nitro groups is 2. The zero-order valence-electron chi connectivity index (χ0n) is 11.0. The van der Waals surface area contributed by atoms with Gasteiger partial charge in [-0.1, -0.05) is 42.5 Å². The molecule has 0 saturated heterocycles. The molecule has 2 aromatic rings. The van der Waals surface area contributed by atoms with Gasteiger partial charge < -0.3 is 0 Å². The van der Waals surface area contributed by atoms with Crippen molar-refractivity contribution in [1.29, 1.82) is 0 Å². The van der Waals surface area contributed by atoms with Gasteiger partial charge in [0, 0.05) is 18.2 Å². The van der Waals surface area contributed by atoms with Crippen molar-refractivity contribution in [3.8, 4) is 0 Å². The van der Waals surface area contributed by atoms with E-state index in [-0.39, 0.29) is 17.8 Å². The zero-order chi connectivity index (χ0) is 15.2. The lowest BCUT2D eigenvalue weighted by molar-refractivity contribution is -0.425. The van der Waals surface area contributed by atoms with E-state index >= 15 is 0 Å². The Balaban J connectivity index is 2.31. The molecule has 0 amide bonds. The summed E-state index contributed by atoms with van der Waals surface area (Å²) in [5.74, 6) is 0. The summed E-state index contributed by atoms with van der Waals surface area (Å²) >= 11 is 0. The summed E-state index contributed by atoms with van der Waals surface area (Å²) in [7, 11) is 0. The van der Waals surface area contributed by atoms with Gasteiger partial charge in [0.25, 0.3) is 11.4 Å². The SMILES string of the molecule is O=[N+]([O-])C(=Cc1cccc([N+](=O)[O-])c1)Cc1ccccc1. The molecule has 0 fully saturated rings. The summed E-state index contributed by atoms with van der Waals surface area (Å²) in [4.78, 5) is 20.9. The first-order chi connectivity index (χ1) is 10.1. The first-order valence-corrected chi connectivity index (χ1v) is 6.19. The molecular weight excluding hydrogens is 272 g/mol. The van der Waals surface area contributed by atoms with Crippen LogP contribution in [0.15, 0.2) is 60.3 Å². The molecule has 0 N–H and O–H groups in total. The fourth-order valence-electron chi connectivity index (χ4n) is 1.89. The van der Waals surface area contributed by atoms with Gasteiger partial charge in [-0.05, 0) is 11.1 Å². The van der Waals surface area contributed by atoms with Crippen LogP contribution in [0.5, 0.6) is 0 Å². The molecule has 6 heteroatoms. The highest BCUT2D eigenvalue weighted by Crippen LogP contribution is 2.17. The maximum absolute atomic E-state index is 11.1. The Morgan fingerprint density at radius 3 is 2.33 bits per heavy atom. The summed E-state index contributed by atoms with van der Waals surface area (Å²) in [6.45, 7) is 0. The van der Waals surface area contributed by atoms with Gasteiger partial charge >= 0.3 is 0 Å². The molecule has 0 saturated carbocycles. The van der Waals surface area contributed by atoms with Crippen LogP contribution in [0.4, 0.5) is 5.69 Å². The second-order valence-electron chi connectivity index (χ2n) is 4.41. The van der Waals surface area contributed by atoms with Crippen molar-refractivity contribution in [2.75, 3.05) is 0 Å². The number of hydrogen-bond donors (Lipinski definition) is 0. The number of non-ortho nitro benzene ring substituents is 1. The Kier molecular flexibility index (Phi) is 4.40. The van der Waals surface area contributed by atoms with Crippen molar-refractivity contribution in [2.45, 2.75) is 6.42 Å². The maximum Gasteiger partial charge on any atom is 0.270 e. The molecule has 0 spiro atoms. The highest BCUT2D eigenvalue weighted by Gasteiger charge is 2.13. The molecule has 0 aliphatic rings. The van der Waals surface area contributed by atoms with Crippen molar-refractivity contribution < 1.29 is 9.85 Å². The van der Waals surface area contributed by atoms with E-state index in [0.29, 0.717) is 5.56 Å². The molecule has 0 aliphatic carbocycles. The van der Waals surface area contributed by atoms with Gasteiger partial charge in [0.05, 0.1) is 16.3 Å². The molecule has 0 aromatic heterocycles. The van der Waals surface area contributed by atoms with E-state index in [9.17, 15) is 20.2 Å². The summed E-state index contributed by atoms with van der Waals surface area (Å²) in [5.41, 5.74) is 1.14.